The molecule has 2 N–H and O–H groups in total. The molecule has 2 atom stereocenters. The highest BCUT2D eigenvalue weighted by molar-refractivity contribution is 7.07. The Morgan fingerprint density at radius 2 is 2.27 bits per heavy atom. The fourth-order valence-corrected chi connectivity index (χ4v) is 4.07. The zero-order chi connectivity index (χ0) is 15.4. The van der Waals surface area contributed by atoms with Crippen LogP contribution in [-0.4, -0.2) is 42.4 Å². The van der Waals surface area contributed by atoms with Gasteiger partial charge in [-0.25, -0.2) is 0 Å². The van der Waals surface area contributed by atoms with Crippen molar-refractivity contribution >= 4 is 23.2 Å². The van der Waals surface area contributed by atoms with E-state index in [4.69, 9.17) is 0 Å². The van der Waals surface area contributed by atoms with Crippen LogP contribution in [0.3, 0.4) is 0 Å². The summed E-state index contributed by atoms with van der Waals surface area (Å²) in [4.78, 5) is 26.4. The molecular formula is C16H23N3O2S. The van der Waals surface area contributed by atoms with Crippen LogP contribution in [-0.2, 0) is 9.59 Å². The first-order valence-electron chi connectivity index (χ1n) is 8.07. The smallest absolute Gasteiger partial charge is 0.242 e. The summed E-state index contributed by atoms with van der Waals surface area (Å²) in [5, 5.41) is 10.0. The fraction of sp³-hybridized carbons (Fsp3) is 0.625. The average molecular weight is 321 g/mol. The summed E-state index contributed by atoms with van der Waals surface area (Å²) in [6, 6.07) is 2.13. The lowest BCUT2D eigenvalue weighted by Crippen LogP contribution is -2.48. The van der Waals surface area contributed by atoms with Crippen LogP contribution < -0.4 is 10.6 Å². The molecule has 2 aliphatic heterocycles. The minimum absolute atomic E-state index is 0.0378. The lowest BCUT2D eigenvalue weighted by Gasteiger charge is -2.24. The first-order chi connectivity index (χ1) is 10.7. The number of carbonyl (C=O) groups is 2. The van der Waals surface area contributed by atoms with E-state index in [9.17, 15) is 9.59 Å². The van der Waals surface area contributed by atoms with Crippen molar-refractivity contribution in [2.75, 3.05) is 19.6 Å². The Morgan fingerprint density at radius 3 is 3.09 bits per heavy atom. The second-order valence-corrected chi connectivity index (χ2v) is 6.87. The van der Waals surface area contributed by atoms with E-state index in [2.05, 4.69) is 32.4 Å². The molecule has 2 saturated heterocycles. The lowest BCUT2D eigenvalue weighted by molar-refractivity contribution is -0.129. The van der Waals surface area contributed by atoms with Gasteiger partial charge in [0.25, 0.3) is 0 Å². The number of nitrogens with one attached hydrogen (secondary N) is 2. The topological polar surface area (TPSA) is 61.4 Å². The molecule has 2 aliphatic rings. The number of rotatable bonds is 4. The van der Waals surface area contributed by atoms with Crippen LogP contribution in [0.4, 0.5) is 0 Å². The normalized spacial score (nSPS) is 26.5. The van der Waals surface area contributed by atoms with Gasteiger partial charge in [0.15, 0.2) is 0 Å². The Morgan fingerprint density at radius 1 is 1.36 bits per heavy atom. The third-order valence-electron chi connectivity index (χ3n) is 4.51. The van der Waals surface area contributed by atoms with Crippen molar-refractivity contribution in [2.24, 2.45) is 0 Å². The van der Waals surface area contributed by atoms with Gasteiger partial charge in [0.2, 0.25) is 11.8 Å². The Labute approximate surface area is 135 Å². The first kappa shape index (κ1) is 15.5. The SMILES string of the molecule is O=C(CN1CCCC1c1ccsc1)NC1CCCCNC1=O. The van der Waals surface area contributed by atoms with Crippen molar-refractivity contribution in [3.05, 3.63) is 22.4 Å². The van der Waals surface area contributed by atoms with Crippen LogP contribution in [0.1, 0.15) is 43.7 Å². The highest BCUT2D eigenvalue weighted by Crippen LogP contribution is 2.32. The first-order valence-corrected chi connectivity index (χ1v) is 9.01. The minimum atomic E-state index is -0.364. The van der Waals surface area contributed by atoms with Crippen molar-refractivity contribution < 1.29 is 9.59 Å². The Bertz CT molecular complexity index is 517. The van der Waals surface area contributed by atoms with Crippen LogP contribution in [0, 0.1) is 0 Å². The van der Waals surface area contributed by atoms with Crippen molar-refractivity contribution in [1.29, 1.82) is 0 Å². The standard InChI is InChI=1S/C16H23N3O2S/c20-15(18-13-4-1-2-7-17-16(13)21)10-19-8-3-5-14(19)12-6-9-22-11-12/h6,9,11,13-14H,1-5,7-8,10H2,(H,17,21)(H,18,20). The summed E-state index contributed by atoms with van der Waals surface area (Å²) in [6.45, 7) is 2.05. The summed E-state index contributed by atoms with van der Waals surface area (Å²) >= 11 is 1.70. The van der Waals surface area contributed by atoms with E-state index in [1.807, 2.05) is 0 Å². The summed E-state index contributed by atoms with van der Waals surface area (Å²) in [6.07, 6.45) is 4.94. The van der Waals surface area contributed by atoms with Crippen molar-refractivity contribution in [3.63, 3.8) is 0 Å². The zero-order valence-electron chi connectivity index (χ0n) is 12.7. The monoisotopic (exact) mass is 321 g/mol. The molecule has 3 heterocycles. The molecule has 1 aromatic heterocycles. The van der Waals surface area contributed by atoms with Gasteiger partial charge in [-0.2, -0.15) is 11.3 Å². The second-order valence-electron chi connectivity index (χ2n) is 6.09. The summed E-state index contributed by atoms with van der Waals surface area (Å²) in [7, 11) is 0. The van der Waals surface area contributed by atoms with Gasteiger partial charge in [-0.3, -0.25) is 14.5 Å². The number of nitrogens with zero attached hydrogens (tertiary/aromatic N) is 1. The molecule has 0 bridgehead atoms. The minimum Gasteiger partial charge on any atom is -0.354 e. The summed E-state index contributed by atoms with van der Waals surface area (Å²) in [5.41, 5.74) is 1.31. The highest BCUT2D eigenvalue weighted by atomic mass is 32.1. The van der Waals surface area contributed by atoms with Crippen LogP contribution in [0.15, 0.2) is 16.8 Å². The largest absolute Gasteiger partial charge is 0.354 e. The molecule has 1 aromatic rings. The third-order valence-corrected chi connectivity index (χ3v) is 5.21. The van der Waals surface area contributed by atoms with Crippen LogP contribution in [0.25, 0.3) is 0 Å². The third kappa shape index (κ3) is 3.67. The maximum absolute atomic E-state index is 12.3. The Hall–Kier alpha value is -1.40. The molecule has 3 rings (SSSR count). The average Bonchev–Trinajstić information content (AvgIpc) is 3.12. The maximum Gasteiger partial charge on any atom is 0.242 e. The molecule has 2 amide bonds. The summed E-state index contributed by atoms with van der Waals surface area (Å²) in [5.74, 6) is -0.0779. The van der Waals surface area contributed by atoms with Gasteiger partial charge in [0.05, 0.1) is 6.54 Å². The maximum atomic E-state index is 12.3. The number of amides is 2. The van der Waals surface area contributed by atoms with E-state index in [-0.39, 0.29) is 17.9 Å². The van der Waals surface area contributed by atoms with Crippen molar-refractivity contribution in [1.82, 2.24) is 15.5 Å². The number of thiophene rings is 1. The summed E-state index contributed by atoms with van der Waals surface area (Å²) < 4.78 is 0. The van der Waals surface area contributed by atoms with Crippen LogP contribution in [0.5, 0.6) is 0 Å². The molecule has 120 valence electrons. The van der Waals surface area contributed by atoms with Gasteiger partial charge in [0.1, 0.15) is 6.04 Å². The van der Waals surface area contributed by atoms with Gasteiger partial charge >= 0.3 is 0 Å². The fourth-order valence-electron chi connectivity index (χ4n) is 3.36. The Balaban J connectivity index is 1.55. The van der Waals surface area contributed by atoms with Gasteiger partial charge in [-0.15, -0.1) is 0 Å². The molecule has 2 unspecified atom stereocenters. The number of carbonyl (C=O) groups excluding carboxylic acids is 2. The predicted octanol–water partition coefficient (Wildman–Crippen LogP) is 1.67. The van der Waals surface area contributed by atoms with Gasteiger partial charge in [-0.1, -0.05) is 0 Å². The van der Waals surface area contributed by atoms with E-state index >= 15 is 0 Å². The highest BCUT2D eigenvalue weighted by Gasteiger charge is 2.29. The molecular weight excluding hydrogens is 298 g/mol. The molecule has 0 aliphatic carbocycles. The number of hydrogen-bond donors (Lipinski definition) is 2. The van der Waals surface area contributed by atoms with Gasteiger partial charge < -0.3 is 10.6 Å². The second kappa shape index (κ2) is 7.24. The van der Waals surface area contributed by atoms with Crippen molar-refractivity contribution in [2.45, 2.75) is 44.2 Å². The van der Waals surface area contributed by atoms with E-state index in [1.165, 1.54) is 5.56 Å². The number of likely N-dealkylation sites (tertiary alicyclic amines) is 1. The quantitative estimate of drug-likeness (QED) is 0.887. The predicted molar refractivity (Wildman–Crippen MR) is 86.7 cm³/mol. The number of hydrogen-bond acceptors (Lipinski definition) is 4. The molecule has 6 heteroatoms. The molecule has 22 heavy (non-hydrogen) atoms. The molecule has 5 nitrogen and oxygen atoms in total. The van der Waals surface area contributed by atoms with Gasteiger partial charge in [-0.05, 0) is 61.0 Å². The molecule has 0 aromatic carbocycles. The molecule has 0 saturated carbocycles. The van der Waals surface area contributed by atoms with E-state index in [0.29, 0.717) is 12.6 Å². The Kier molecular flexibility index (Phi) is 5.10. The van der Waals surface area contributed by atoms with E-state index < -0.39 is 0 Å². The molecule has 0 radical (unpaired) electrons. The van der Waals surface area contributed by atoms with E-state index in [1.54, 1.807) is 11.3 Å². The van der Waals surface area contributed by atoms with Crippen LogP contribution in [0.2, 0.25) is 0 Å². The van der Waals surface area contributed by atoms with Gasteiger partial charge in [0, 0.05) is 12.6 Å². The molecule has 2 fully saturated rings. The molecule has 0 spiro atoms. The van der Waals surface area contributed by atoms with Crippen LogP contribution >= 0.6 is 11.3 Å². The van der Waals surface area contributed by atoms with E-state index in [0.717, 1.165) is 45.2 Å². The van der Waals surface area contributed by atoms with Crippen molar-refractivity contribution in [3.8, 4) is 0 Å². The zero-order valence-corrected chi connectivity index (χ0v) is 13.5. The lowest BCUT2D eigenvalue weighted by atomic mass is 10.1.